The summed E-state index contributed by atoms with van der Waals surface area (Å²) in [7, 11) is 0. The smallest absolute Gasteiger partial charge is 0.133 e. The van der Waals surface area contributed by atoms with E-state index in [1.54, 1.807) is 0 Å². The molecule has 0 bridgehead atoms. The van der Waals surface area contributed by atoms with Crippen LogP contribution < -0.4 is 5.73 Å². The van der Waals surface area contributed by atoms with Gasteiger partial charge in [-0.15, -0.1) is 0 Å². The molecule has 78 valence electrons. The maximum absolute atomic E-state index is 9.78. The van der Waals surface area contributed by atoms with Crippen molar-refractivity contribution in [3.05, 3.63) is 26.7 Å². The van der Waals surface area contributed by atoms with Crippen molar-refractivity contribution in [3.63, 3.8) is 0 Å². The van der Waals surface area contributed by atoms with E-state index in [1.807, 2.05) is 20.8 Å². The van der Waals surface area contributed by atoms with E-state index >= 15 is 0 Å². The van der Waals surface area contributed by atoms with Crippen LogP contribution in [0.25, 0.3) is 0 Å². The number of rotatable bonds is 2. The van der Waals surface area contributed by atoms with E-state index in [-0.39, 0.29) is 0 Å². The molecule has 0 aromatic heterocycles. The van der Waals surface area contributed by atoms with Gasteiger partial charge in [0.2, 0.25) is 0 Å². The molecule has 3 heteroatoms. The van der Waals surface area contributed by atoms with Crippen molar-refractivity contribution < 1.29 is 5.11 Å². The molecule has 0 saturated carbocycles. The summed E-state index contributed by atoms with van der Waals surface area (Å²) in [5, 5.41) is 9.78. The van der Waals surface area contributed by atoms with Gasteiger partial charge in [0.15, 0.2) is 0 Å². The number of hydrogen-bond acceptors (Lipinski definition) is 2. The standard InChI is InChI=1S/C11H16BrNO/c1-6-7(2)11(14)10(12)8(3)9(6)4-5-13/h14H,4-5,13H2,1-3H3. The normalized spacial score (nSPS) is 10.6. The Morgan fingerprint density at radius 2 is 1.71 bits per heavy atom. The summed E-state index contributed by atoms with van der Waals surface area (Å²) < 4.78 is 0.795. The molecule has 0 aliphatic rings. The van der Waals surface area contributed by atoms with Gasteiger partial charge in [0, 0.05) is 0 Å². The molecular formula is C11H16BrNO. The van der Waals surface area contributed by atoms with Gasteiger partial charge in [-0.2, -0.15) is 0 Å². The summed E-state index contributed by atoms with van der Waals surface area (Å²) >= 11 is 3.39. The molecule has 0 atom stereocenters. The van der Waals surface area contributed by atoms with Crippen LogP contribution in [-0.2, 0) is 6.42 Å². The maximum Gasteiger partial charge on any atom is 0.133 e. The van der Waals surface area contributed by atoms with Crippen molar-refractivity contribution in [2.24, 2.45) is 5.73 Å². The molecule has 0 fully saturated rings. The Kier molecular flexibility index (Phi) is 3.56. The van der Waals surface area contributed by atoms with Crippen molar-refractivity contribution in [2.45, 2.75) is 27.2 Å². The molecule has 1 aromatic rings. The van der Waals surface area contributed by atoms with E-state index in [1.165, 1.54) is 5.56 Å². The molecular weight excluding hydrogens is 242 g/mol. The van der Waals surface area contributed by atoms with Crippen molar-refractivity contribution in [2.75, 3.05) is 6.54 Å². The van der Waals surface area contributed by atoms with E-state index in [2.05, 4.69) is 15.9 Å². The molecule has 0 aliphatic carbocycles. The van der Waals surface area contributed by atoms with Gasteiger partial charge in [-0.1, -0.05) is 0 Å². The molecule has 0 amide bonds. The zero-order valence-corrected chi connectivity index (χ0v) is 10.4. The number of nitrogens with two attached hydrogens (primary N) is 1. The highest BCUT2D eigenvalue weighted by Crippen LogP contribution is 2.36. The number of benzene rings is 1. The van der Waals surface area contributed by atoms with Gasteiger partial charge in [-0.05, 0) is 71.9 Å². The fourth-order valence-corrected chi connectivity index (χ4v) is 2.22. The highest BCUT2D eigenvalue weighted by Gasteiger charge is 2.13. The lowest BCUT2D eigenvalue weighted by molar-refractivity contribution is 0.466. The Morgan fingerprint density at radius 3 is 2.21 bits per heavy atom. The maximum atomic E-state index is 9.78. The summed E-state index contributed by atoms with van der Waals surface area (Å²) in [6.07, 6.45) is 0.859. The van der Waals surface area contributed by atoms with E-state index < -0.39 is 0 Å². The number of hydrogen-bond donors (Lipinski definition) is 2. The first-order chi connectivity index (χ1) is 6.50. The first-order valence-electron chi connectivity index (χ1n) is 4.67. The predicted molar refractivity (Wildman–Crippen MR) is 62.8 cm³/mol. The van der Waals surface area contributed by atoms with Crippen LogP contribution in [-0.4, -0.2) is 11.7 Å². The van der Waals surface area contributed by atoms with E-state index in [9.17, 15) is 5.11 Å². The summed E-state index contributed by atoms with van der Waals surface area (Å²) in [5.74, 6) is 0.348. The van der Waals surface area contributed by atoms with Crippen LogP contribution in [0.5, 0.6) is 5.75 Å². The lowest BCUT2D eigenvalue weighted by Gasteiger charge is -2.15. The van der Waals surface area contributed by atoms with E-state index in [0.717, 1.165) is 27.6 Å². The Hall–Kier alpha value is -0.540. The first-order valence-corrected chi connectivity index (χ1v) is 5.47. The molecule has 1 aromatic carbocycles. The second-order valence-electron chi connectivity index (χ2n) is 3.55. The number of aromatic hydroxyl groups is 1. The fourth-order valence-electron chi connectivity index (χ4n) is 1.68. The minimum Gasteiger partial charge on any atom is -0.506 e. The SMILES string of the molecule is Cc1c(C)c(CCN)c(C)c(Br)c1O. The summed E-state index contributed by atoms with van der Waals surface area (Å²) in [6, 6.07) is 0. The quantitative estimate of drug-likeness (QED) is 0.856. The average Bonchev–Trinajstić information content (AvgIpc) is 2.19. The van der Waals surface area contributed by atoms with E-state index in [0.29, 0.717) is 12.3 Å². The van der Waals surface area contributed by atoms with Crippen LogP contribution in [0.3, 0.4) is 0 Å². The zero-order valence-electron chi connectivity index (χ0n) is 8.82. The topological polar surface area (TPSA) is 46.2 Å². The molecule has 0 spiro atoms. The van der Waals surface area contributed by atoms with Gasteiger partial charge in [0.1, 0.15) is 5.75 Å². The van der Waals surface area contributed by atoms with Gasteiger partial charge in [0.25, 0.3) is 0 Å². The van der Waals surface area contributed by atoms with Gasteiger partial charge in [-0.25, -0.2) is 0 Å². The lowest BCUT2D eigenvalue weighted by atomic mass is 9.95. The van der Waals surface area contributed by atoms with Crippen LogP contribution in [0, 0.1) is 20.8 Å². The molecule has 0 heterocycles. The lowest BCUT2D eigenvalue weighted by Crippen LogP contribution is -2.07. The van der Waals surface area contributed by atoms with Crippen LogP contribution >= 0.6 is 15.9 Å². The van der Waals surface area contributed by atoms with Crippen molar-refractivity contribution in [1.82, 2.24) is 0 Å². The first kappa shape index (κ1) is 11.5. The average molecular weight is 258 g/mol. The number of phenols is 1. The molecule has 1 rings (SSSR count). The van der Waals surface area contributed by atoms with Gasteiger partial charge < -0.3 is 10.8 Å². The number of halogens is 1. The van der Waals surface area contributed by atoms with Gasteiger partial charge in [0.05, 0.1) is 4.47 Å². The fraction of sp³-hybridized carbons (Fsp3) is 0.455. The van der Waals surface area contributed by atoms with Crippen molar-refractivity contribution in [1.29, 1.82) is 0 Å². The molecule has 3 N–H and O–H groups in total. The molecule has 0 unspecified atom stereocenters. The Labute approximate surface area is 93.3 Å². The van der Waals surface area contributed by atoms with Crippen LogP contribution in [0.15, 0.2) is 4.47 Å². The Bertz CT molecular complexity index is 332. The van der Waals surface area contributed by atoms with Gasteiger partial charge in [-0.3, -0.25) is 0 Å². The van der Waals surface area contributed by atoms with Crippen molar-refractivity contribution >= 4 is 15.9 Å². The highest BCUT2D eigenvalue weighted by atomic mass is 79.9. The monoisotopic (exact) mass is 257 g/mol. The second-order valence-corrected chi connectivity index (χ2v) is 4.35. The predicted octanol–water partition coefficient (Wildman–Crippen LogP) is 2.58. The summed E-state index contributed by atoms with van der Waals surface area (Å²) in [4.78, 5) is 0. The van der Waals surface area contributed by atoms with Crippen molar-refractivity contribution in [3.8, 4) is 5.75 Å². The summed E-state index contributed by atoms with van der Waals surface area (Å²) in [5.41, 5.74) is 9.98. The van der Waals surface area contributed by atoms with Crippen LogP contribution in [0.2, 0.25) is 0 Å². The molecule has 14 heavy (non-hydrogen) atoms. The molecule has 0 aliphatic heterocycles. The third-order valence-electron chi connectivity index (χ3n) is 2.75. The largest absolute Gasteiger partial charge is 0.506 e. The molecule has 0 radical (unpaired) electrons. The Morgan fingerprint density at radius 1 is 1.14 bits per heavy atom. The van der Waals surface area contributed by atoms with E-state index in [4.69, 9.17) is 5.73 Å². The number of phenolic OH excluding ortho intramolecular Hbond substituents is 1. The van der Waals surface area contributed by atoms with Crippen LogP contribution in [0.1, 0.15) is 22.3 Å². The minimum absolute atomic E-state index is 0.348. The summed E-state index contributed by atoms with van der Waals surface area (Å²) in [6.45, 7) is 6.59. The van der Waals surface area contributed by atoms with Gasteiger partial charge >= 0.3 is 0 Å². The molecule has 0 saturated heterocycles. The molecule has 2 nitrogen and oxygen atoms in total. The third kappa shape index (κ3) is 1.79. The second kappa shape index (κ2) is 4.32. The zero-order chi connectivity index (χ0) is 10.9. The Balaban J connectivity index is 3.43. The minimum atomic E-state index is 0.348. The third-order valence-corrected chi connectivity index (χ3v) is 3.72. The highest BCUT2D eigenvalue weighted by molar-refractivity contribution is 9.10. The van der Waals surface area contributed by atoms with Crippen LogP contribution in [0.4, 0.5) is 0 Å².